The lowest BCUT2D eigenvalue weighted by molar-refractivity contribution is 0.0696. The highest BCUT2D eigenvalue weighted by Gasteiger charge is 2.32. The number of aryl methyl sites for hydroxylation is 2. The Morgan fingerprint density at radius 2 is 2.04 bits per heavy atom. The normalized spacial score (nSPS) is 21.7. The first kappa shape index (κ1) is 14.4. The molecule has 1 aliphatic carbocycles. The van der Waals surface area contributed by atoms with E-state index in [1.54, 1.807) is 6.33 Å². The number of likely N-dealkylation sites (tertiary alicyclic amines) is 1. The molecule has 0 aromatic carbocycles. The van der Waals surface area contributed by atoms with Gasteiger partial charge >= 0.3 is 0 Å². The number of nitrogens with zero attached hydrogens (tertiary/aromatic N) is 6. The Balaban J connectivity index is 1.51. The third kappa shape index (κ3) is 2.64. The molecule has 1 amide bonds. The summed E-state index contributed by atoms with van der Waals surface area (Å²) in [4.78, 5) is 14.7. The molecule has 1 atom stereocenters. The maximum Gasteiger partial charge on any atom is 0.274 e. The molecular formula is C16H22N6O. The van der Waals surface area contributed by atoms with Gasteiger partial charge in [-0.1, -0.05) is 0 Å². The van der Waals surface area contributed by atoms with E-state index < -0.39 is 0 Å². The molecule has 23 heavy (non-hydrogen) atoms. The zero-order valence-corrected chi connectivity index (χ0v) is 13.6. The van der Waals surface area contributed by atoms with Crippen LogP contribution in [0.15, 0.2) is 12.4 Å². The molecule has 3 heterocycles. The second-order valence-corrected chi connectivity index (χ2v) is 6.74. The van der Waals surface area contributed by atoms with Gasteiger partial charge in [0, 0.05) is 44.7 Å². The summed E-state index contributed by atoms with van der Waals surface area (Å²) in [5, 5.41) is 12.6. The van der Waals surface area contributed by atoms with Crippen molar-refractivity contribution < 1.29 is 4.79 Å². The summed E-state index contributed by atoms with van der Waals surface area (Å²) in [6, 6.07) is 1.98. The molecule has 2 aliphatic rings. The molecule has 0 N–H and O–H groups in total. The van der Waals surface area contributed by atoms with Crippen LogP contribution in [0.25, 0.3) is 0 Å². The summed E-state index contributed by atoms with van der Waals surface area (Å²) in [7, 11) is 3.89. The second kappa shape index (κ2) is 5.47. The van der Waals surface area contributed by atoms with Gasteiger partial charge in [0.2, 0.25) is 0 Å². The van der Waals surface area contributed by atoms with Crippen LogP contribution in [-0.2, 0) is 14.1 Å². The Labute approximate surface area is 135 Å². The largest absolute Gasteiger partial charge is 0.337 e. The van der Waals surface area contributed by atoms with Crippen molar-refractivity contribution in [2.75, 3.05) is 13.1 Å². The van der Waals surface area contributed by atoms with E-state index in [-0.39, 0.29) is 11.8 Å². The molecule has 0 bridgehead atoms. The molecule has 7 heteroatoms. The topological polar surface area (TPSA) is 68.8 Å². The van der Waals surface area contributed by atoms with E-state index in [2.05, 4.69) is 15.3 Å². The van der Waals surface area contributed by atoms with Crippen molar-refractivity contribution in [3.63, 3.8) is 0 Å². The van der Waals surface area contributed by atoms with Crippen LogP contribution in [0, 0.1) is 0 Å². The van der Waals surface area contributed by atoms with Gasteiger partial charge in [-0.3, -0.25) is 9.48 Å². The minimum absolute atomic E-state index is 0.0411. The number of aromatic nitrogens is 5. The molecule has 2 aromatic rings. The number of hydrogen-bond acceptors (Lipinski definition) is 4. The fourth-order valence-corrected chi connectivity index (χ4v) is 3.54. The first-order valence-electron chi connectivity index (χ1n) is 8.30. The molecule has 2 fully saturated rings. The summed E-state index contributed by atoms with van der Waals surface area (Å²) in [5.41, 5.74) is 1.77. The quantitative estimate of drug-likeness (QED) is 0.860. The van der Waals surface area contributed by atoms with E-state index >= 15 is 0 Å². The molecule has 1 saturated heterocycles. The summed E-state index contributed by atoms with van der Waals surface area (Å²) in [5.74, 6) is 1.86. The van der Waals surface area contributed by atoms with Crippen molar-refractivity contribution in [1.82, 2.24) is 29.4 Å². The standard InChI is InChI=1S/C16H22N6O/c1-20-10-17-18-15(20)12-4-3-7-22(9-12)16(23)13-8-14(11-5-6-11)21(2)19-13/h8,10-12H,3-7,9H2,1-2H3. The molecule has 2 aromatic heterocycles. The van der Waals surface area contributed by atoms with E-state index in [4.69, 9.17) is 0 Å². The number of rotatable bonds is 3. The maximum atomic E-state index is 12.8. The van der Waals surface area contributed by atoms with Crippen LogP contribution in [0.2, 0.25) is 0 Å². The summed E-state index contributed by atoms with van der Waals surface area (Å²) in [6.07, 6.45) is 6.18. The molecule has 1 aliphatic heterocycles. The van der Waals surface area contributed by atoms with Crippen molar-refractivity contribution in [3.05, 3.63) is 29.6 Å². The van der Waals surface area contributed by atoms with Crippen LogP contribution in [-0.4, -0.2) is 48.4 Å². The van der Waals surface area contributed by atoms with Gasteiger partial charge in [-0.2, -0.15) is 5.10 Å². The number of hydrogen-bond donors (Lipinski definition) is 0. The second-order valence-electron chi connectivity index (χ2n) is 6.74. The van der Waals surface area contributed by atoms with Gasteiger partial charge in [-0.25, -0.2) is 0 Å². The van der Waals surface area contributed by atoms with Crippen molar-refractivity contribution >= 4 is 5.91 Å². The monoisotopic (exact) mass is 314 g/mol. The Kier molecular flexibility index (Phi) is 3.43. The Morgan fingerprint density at radius 3 is 2.74 bits per heavy atom. The van der Waals surface area contributed by atoms with Crippen molar-refractivity contribution in [2.45, 2.75) is 37.5 Å². The molecule has 0 radical (unpaired) electrons. The van der Waals surface area contributed by atoms with Gasteiger partial charge in [-0.15, -0.1) is 10.2 Å². The Morgan fingerprint density at radius 1 is 1.22 bits per heavy atom. The zero-order chi connectivity index (χ0) is 16.0. The Hall–Kier alpha value is -2.18. The number of amides is 1. The lowest BCUT2D eigenvalue weighted by Crippen LogP contribution is -2.40. The molecule has 0 spiro atoms. The maximum absolute atomic E-state index is 12.8. The van der Waals surface area contributed by atoms with Gasteiger partial charge in [0.15, 0.2) is 5.69 Å². The summed E-state index contributed by atoms with van der Waals surface area (Å²) in [6.45, 7) is 1.49. The molecule has 7 nitrogen and oxygen atoms in total. The summed E-state index contributed by atoms with van der Waals surface area (Å²) < 4.78 is 3.82. The van der Waals surface area contributed by atoms with Crippen LogP contribution in [0.4, 0.5) is 0 Å². The van der Waals surface area contributed by atoms with Crippen LogP contribution < -0.4 is 0 Å². The Bertz CT molecular complexity index is 729. The van der Waals surface area contributed by atoms with Crippen LogP contribution in [0.5, 0.6) is 0 Å². The lowest BCUT2D eigenvalue weighted by atomic mass is 9.97. The first-order valence-corrected chi connectivity index (χ1v) is 8.30. The molecule has 122 valence electrons. The van der Waals surface area contributed by atoms with Crippen LogP contribution >= 0.6 is 0 Å². The molecule has 1 unspecified atom stereocenters. The highest BCUT2D eigenvalue weighted by molar-refractivity contribution is 5.92. The predicted octanol–water partition coefficient (Wildman–Crippen LogP) is 1.45. The summed E-state index contributed by atoms with van der Waals surface area (Å²) >= 11 is 0. The van der Waals surface area contributed by atoms with E-state index in [0.29, 0.717) is 18.2 Å². The average molecular weight is 314 g/mol. The number of piperidine rings is 1. The fourth-order valence-electron chi connectivity index (χ4n) is 3.54. The van der Waals surface area contributed by atoms with Crippen LogP contribution in [0.1, 0.15) is 59.5 Å². The molecular weight excluding hydrogens is 292 g/mol. The number of carbonyl (C=O) groups is 1. The predicted molar refractivity (Wildman–Crippen MR) is 84.1 cm³/mol. The first-order chi connectivity index (χ1) is 11.1. The van der Waals surface area contributed by atoms with Gasteiger partial charge < -0.3 is 9.47 Å². The molecule has 1 saturated carbocycles. The van der Waals surface area contributed by atoms with Crippen molar-refractivity contribution in [1.29, 1.82) is 0 Å². The van der Waals surface area contributed by atoms with Crippen molar-refractivity contribution in [2.24, 2.45) is 14.1 Å². The lowest BCUT2D eigenvalue weighted by Gasteiger charge is -2.31. The van der Waals surface area contributed by atoms with Gasteiger partial charge in [-0.05, 0) is 31.7 Å². The van der Waals surface area contributed by atoms with E-state index in [1.807, 2.05) is 34.3 Å². The van der Waals surface area contributed by atoms with Gasteiger partial charge in [0.1, 0.15) is 12.2 Å². The zero-order valence-electron chi connectivity index (χ0n) is 13.6. The average Bonchev–Trinajstić information content (AvgIpc) is 3.19. The smallest absolute Gasteiger partial charge is 0.274 e. The number of carbonyl (C=O) groups excluding carboxylic acids is 1. The van der Waals surface area contributed by atoms with Crippen molar-refractivity contribution in [3.8, 4) is 0 Å². The molecule has 4 rings (SSSR count). The van der Waals surface area contributed by atoms with E-state index in [1.165, 1.54) is 18.5 Å². The van der Waals surface area contributed by atoms with Crippen LogP contribution in [0.3, 0.4) is 0 Å². The SMILES string of the molecule is Cn1cnnc1C1CCCN(C(=O)c2cc(C3CC3)n(C)n2)C1. The third-order valence-electron chi connectivity index (χ3n) is 4.95. The highest BCUT2D eigenvalue weighted by atomic mass is 16.2. The van der Waals surface area contributed by atoms with E-state index in [9.17, 15) is 4.79 Å². The highest BCUT2D eigenvalue weighted by Crippen LogP contribution is 2.40. The minimum Gasteiger partial charge on any atom is -0.337 e. The fraction of sp³-hybridized carbons (Fsp3) is 0.625. The van der Waals surface area contributed by atoms with E-state index in [0.717, 1.165) is 25.2 Å². The van der Waals surface area contributed by atoms with Gasteiger partial charge in [0.25, 0.3) is 5.91 Å². The minimum atomic E-state index is 0.0411. The van der Waals surface area contributed by atoms with Gasteiger partial charge in [0.05, 0.1) is 0 Å². The third-order valence-corrected chi connectivity index (χ3v) is 4.95.